The number of unbranched alkanes of at least 4 members (excludes halogenated alkanes) is 7. The lowest BCUT2D eigenvalue weighted by atomic mass is 9.75. The Morgan fingerprint density at radius 2 is 1.53 bits per heavy atom. The van der Waals surface area contributed by atoms with Crippen molar-refractivity contribution in [1.29, 1.82) is 0 Å². The van der Waals surface area contributed by atoms with Gasteiger partial charge in [0, 0.05) is 6.42 Å². The van der Waals surface area contributed by atoms with E-state index < -0.39 is 73.7 Å². The first kappa shape index (κ1) is 28.6. The van der Waals surface area contributed by atoms with E-state index in [2.05, 4.69) is 6.92 Å². The molecule has 32 heavy (non-hydrogen) atoms. The molecule has 1 aliphatic heterocycles. The maximum Gasteiger partial charge on any atom is 0.378 e. The standard InChI is InChI=1S/C22H40O10/c1-2-3-4-5-6-7-8-9-10-21(30,15-25)22(11-16(26)12-23)19(28)18(20(29)32-22)31-14-17(27)13-24/h16-17,23-28,30H,2-15H2,1H3/t16?,17?,21-,22-/m0/s1. The smallest absolute Gasteiger partial charge is 0.378 e. The SMILES string of the molecule is CCCCCCCCCC[C@](O)(CO)[C@@]1(CC(O)CO)OC(=O)C(OCC(O)CO)=C1O. The zero-order valence-corrected chi connectivity index (χ0v) is 18.9. The molecule has 188 valence electrons. The van der Waals surface area contributed by atoms with Crippen molar-refractivity contribution >= 4 is 5.97 Å². The molecule has 10 heteroatoms. The second kappa shape index (κ2) is 14.0. The highest BCUT2D eigenvalue weighted by molar-refractivity contribution is 5.90. The molecule has 0 aromatic carbocycles. The summed E-state index contributed by atoms with van der Waals surface area (Å²) >= 11 is 0. The van der Waals surface area contributed by atoms with E-state index in [4.69, 9.17) is 14.6 Å². The normalized spacial score (nSPS) is 22.5. The first-order chi connectivity index (χ1) is 15.2. The van der Waals surface area contributed by atoms with Crippen molar-refractivity contribution in [3.05, 3.63) is 11.5 Å². The van der Waals surface area contributed by atoms with Crippen LogP contribution < -0.4 is 0 Å². The Kier molecular flexibility index (Phi) is 12.5. The molecule has 0 radical (unpaired) electrons. The predicted molar refractivity (Wildman–Crippen MR) is 114 cm³/mol. The fourth-order valence-electron chi connectivity index (χ4n) is 3.89. The number of aliphatic hydroxyl groups is 7. The molecule has 1 heterocycles. The lowest BCUT2D eigenvalue weighted by molar-refractivity contribution is -0.203. The molecule has 4 atom stereocenters. The minimum Gasteiger partial charge on any atom is -0.505 e. The van der Waals surface area contributed by atoms with E-state index in [1.165, 1.54) is 12.8 Å². The molecule has 0 aliphatic carbocycles. The highest BCUT2D eigenvalue weighted by atomic mass is 16.6. The van der Waals surface area contributed by atoms with Crippen molar-refractivity contribution in [1.82, 2.24) is 0 Å². The van der Waals surface area contributed by atoms with Gasteiger partial charge < -0.3 is 45.2 Å². The molecule has 0 spiro atoms. The number of cyclic esters (lactones) is 1. The number of carbonyl (C=O) groups excluding carboxylic acids is 1. The fourth-order valence-corrected chi connectivity index (χ4v) is 3.89. The number of ether oxygens (including phenoxy) is 2. The zero-order valence-electron chi connectivity index (χ0n) is 18.9. The Balaban J connectivity index is 2.98. The maximum absolute atomic E-state index is 12.4. The van der Waals surface area contributed by atoms with Crippen LogP contribution in [0.25, 0.3) is 0 Å². The van der Waals surface area contributed by atoms with Gasteiger partial charge >= 0.3 is 5.97 Å². The number of rotatable bonds is 18. The molecule has 2 unspecified atom stereocenters. The molecule has 0 saturated heterocycles. The Morgan fingerprint density at radius 1 is 0.969 bits per heavy atom. The molecular weight excluding hydrogens is 424 g/mol. The Hall–Kier alpha value is -1.43. The van der Waals surface area contributed by atoms with Gasteiger partial charge in [-0.15, -0.1) is 0 Å². The molecule has 0 saturated carbocycles. The summed E-state index contributed by atoms with van der Waals surface area (Å²) in [6, 6.07) is 0. The van der Waals surface area contributed by atoms with Gasteiger partial charge in [0.05, 0.1) is 25.9 Å². The van der Waals surface area contributed by atoms with Gasteiger partial charge in [-0.2, -0.15) is 0 Å². The van der Waals surface area contributed by atoms with Crippen LogP contribution in [0, 0.1) is 0 Å². The van der Waals surface area contributed by atoms with E-state index in [1.807, 2.05) is 0 Å². The molecule has 0 aromatic heterocycles. The van der Waals surface area contributed by atoms with Crippen molar-refractivity contribution < 1.29 is 50.0 Å². The molecule has 10 nitrogen and oxygen atoms in total. The van der Waals surface area contributed by atoms with Crippen LogP contribution >= 0.6 is 0 Å². The largest absolute Gasteiger partial charge is 0.505 e. The van der Waals surface area contributed by atoms with Gasteiger partial charge in [-0.05, 0) is 6.42 Å². The van der Waals surface area contributed by atoms with Crippen molar-refractivity contribution in [2.45, 2.75) is 94.5 Å². The predicted octanol–water partition coefficient (Wildman–Crippen LogP) is 0.419. The summed E-state index contributed by atoms with van der Waals surface area (Å²) < 4.78 is 10.4. The van der Waals surface area contributed by atoms with Crippen LogP contribution in [-0.4, -0.2) is 91.6 Å². The third-order valence-corrected chi connectivity index (χ3v) is 5.87. The summed E-state index contributed by atoms with van der Waals surface area (Å²) in [5.41, 5.74) is -4.38. The van der Waals surface area contributed by atoms with Crippen molar-refractivity contribution in [2.24, 2.45) is 0 Å². The summed E-state index contributed by atoms with van der Waals surface area (Å²) in [6.07, 6.45) is 4.40. The second-order valence-corrected chi connectivity index (χ2v) is 8.50. The molecule has 1 rings (SSSR count). The van der Waals surface area contributed by atoms with Crippen LogP contribution in [0.15, 0.2) is 11.5 Å². The lowest BCUT2D eigenvalue weighted by Gasteiger charge is -2.42. The summed E-state index contributed by atoms with van der Waals surface area (Å²) in [4.78, 5) is 12.4. The van der Waals surface area contributed by atoms with Crippen molar-refractivity contribution in [3.8, 4) is 0 Å². The van der Waals surface area contributed by atoms with Gasteiger partial charge in [-0.3, -0.25) is 0 Å². The van der Waals surface area contributed by atoms with Crippen molar-refractivity contribution in [2.75, 3.05) is 26.4 Å². The Labute approximate surface area is 189 Å². The van der Waals surface area contributed by atoms with E-state index >= 15 is 0 Å². The fraction of sp³-hybridized carbons (Fsp3) is 0.864. The summed E-state index contributed by atoms with van der Waals surface area (Å²) in [5.74, 6) is -2.68. The third-order valence-electron chi connectivity index (χ3n) is 5.87. The van der Waals surface area contributed by atoms with Crippen LogP contribution in [0.3, 0.4) is 0 Å². The maximum atomic E-state index is 12.4. The van der Waals surface area contributed by atoms with Gasteiger partial charge in [-0.1, -0.05) is 58.3 Å². The lowest BCUT2D eigenvalue weighted by Crippen LogP contribution is -2.60. The van der Waals surface area contributed by atoms with Crippen LogP contribution in [0.1, 0.15) is 71.1 Å². The third kappa shape index (κ3) is 7.29. The number of hydrogen-bond acceptors (Lipinski definition) is 10. The highest BCUT2D eigenvalue weighted by Crippen LogP contribution is 2.45. The number of aliphatic hydroxyl groups excluding tert-OH is 6. The highest BCUT2D eigenvalue weighted by Gasteiger charge is 2.62. The molecular formula is C22H40O10. The molecule has 0 aromatic rings. The van der Waals surface area contributed by atoms with Gasteiger partial charge in [0.2, 0.25) is 11.4 Å². The van der Waals surface area contributed by atoms with Gasteiger partial charge in [0.1, 0.15) is 18.3 Å². The number of esters is 1. The van der Waals surface area contributed by atoms with Gasteiger partial charge in [-0.25, -0.2) is 4.79 Å². The number of hydrogen-bond donors (Lipinski definition) is 7. The monoisotopic (exact) mass is 464 g/mol. The molecule has 7 N–H and O–H groups in total. The quantitative estimate of drug-likeness (QED) is 0.111. The minimum absolute atomic E-state index is 0.0412. The van der Waals surface area contributed by atoms with E-state index in [-0.39, 0.29) is 6.42 Å². The van der Waals surface area contributed by atoms with E-state index in [0.717, 1.165) is 32.1 Å². The van der Waals surface area contributed by atoms with Crippen LogP contribution in [0.5, 0.6) is 0 Å². The first-order valence-corrected chi connectivity index (χ1v) is 11.4. The van der Waals surface area contributed by atoms with E-state index in [0.29, 0.717) is 6.42 Å². The molecule has 0 bridgehead atoms. The average Bonchev–Trinajstić information content (AvgIpc) is 3.03. The van der Waals surface area contributed by atoms with E-state index in [1.54, 1.807) is 0 Å². The topological polar surface area (TPSA) is 177 Å². The van der Waals surface area contributed by atoms with Gasteiger partial charge in [0.15, 0.2) is 5.76 Å². The minimum atomic E-state index is -2.23. The summed E-state index contributed by atoms with van der Waals surface area (Å²) in [7, 11) is 0. The molecule has 1 aliphatic rings. The van der Waals surface area contributed by atoms with E-state index in [9.17, 15) is 35.4 Å². The van der Waals surface area contributed by atoms with Crippen LogP contribution in [0.2, 0.25) is 0 Å². The zero-order chi connectivity index (χ0) is 24.2. The molecule has 0 fully saturated rings. The summed E-state index contributed by atoms with van der Waals surface area (Å²) in [5, 5.41) is 69.7. The Morgan fingerprint density at radius 3 is 2.06 bits per heavy atom. The van der Waals surface area contributed by atoms with Crippen LogP contribution in [0.4, 0.5) is 0 Å². The first-order valence-electron chi connectivity index (χ1n) is 11.4. The molecule has 0 amide bonds. The van der Waals surface area contributed by atoms with Crippen molar-refractivity contribution in [3.63, 3.8) is 0 Å². The summed E-state index contributed by atoms with van der Waals surface area (Å²) in [6.45, 7) is -0.642. The number of carbonyl (C=O) groups is 1. The van der Waals surface area contributed by atoms with Gasteiger partial charge in [0.25, 0.3) is 0 Å². The second-order valence-electron chi connectivity index (χ2n) is 8.50. The average molecular weight is 465 g/mol. The Bertz CT molecular complexity index is 595. The van der Waals surface area contributed by atoms with Crippen LogP contribution in [-0.2, 0) is 14.3 Å².